The molecule has 4 atom stereocenters. The number of anilines is 3. The molecule has 0 saturated carbocycles. The monoisotopic (exact) mass is 753 g/mol. The Bertz CT molecular complexity index is 2070. The molecule has 3 aliphatic heterocycles. The largest absolute Gasteiger partial charge is 0.457 e. The second-order valence-electron chi connectivity index (χ2n) is 14.7. The highest BCUT2D eigenvalue weighted by Crippen LogP contribution is 2.43. The number of aliphatic hydroxyl groups is 1. The number of nitrogens with zero attached hydrogens (tertiary/aromatic N) is 2. The summed E-state index contributed by atoms with van der Waals surface area (Å²) >= 11 is 0. The molecule has 0 unspecified atom stereocenters. The molecule has 3 aliphatic rings. The fraction of sp³-hybridized carbons (Fsp3) is 0.289. The van der Waals surface area contributed by atoms with Crippen LogP contribution in [0.2, 0.25) is 0 Å². The quantitative estimate of drug-likeness (QED) is 0.114. The van der Waals surface area contributed by atoms with Gasteiger partial charge in [0.1, 0.15) is 17.0 Å². The summed E-state index contributed by atoms with van der Waals surface area (Å²) in [6.45, 7) is 4.86. The smallest absolute Gasteiger partial charge is 0.323 e. The lowest BCUT2D eigenvalue weighted by atomic mass is 9.84. The van der Waals surface area contributed by atoms with Crippen LogP contribution in [0.4, 0.5) is 21.9 Å². The van der Waals surface area contributed by atoms with Gasteiger partial charge in [-0.25, -0.2) is 4.79 Å². The van der Waals surface area contributed by atoms with E-state index in [4.69, 9.17) is 14.2 Å². The number of carbonyl (C=O) groups excluding carboxylic acids is 2. The van der Waals surface area contributed by atoms with Gasteiger partial charge >= 0.3 is 6.03 Å². The highest BCUT2D eigenvalue weighted by atomic mass is 16.7. The summed E-state index contributed by atoms with van der Waals surface area (Å²) in [5, 5.41) is 18.5. The number of ether oxygens (including phenoxy) is 3. The van der Waals surface area contributed by atoms with Crippen molar-refractivity contribution in [3.63, 3.8) is 0 Å². The molecule has 56 heavy (non-hydrogen) atoms. The van der Waals surface area contributed by atoms with E-state index in [1.165, 1.54) is 0 Å². The molecule has 0 aromatic heterocycles. The second kappa shape index (κ2) is 16.6. The maximum Gasteiger partial charge on any atom is 0.323 e. The maximum absolute atomic E-state index is 13.3. The van der Waals surface area contributed by atoms with Crippen molar-refractivity contribution in [3.05, 3.63) is 150 Å². The van der Waals surface area contributed by atoms with Crippen molar-refractivity contribution in [1.82, 2.24) is 10.2 Å². The molecule has 5 aromatic carbocycles. The number of benzene rings is 5. The number of piperidine rings is 1. The Labute approximate surface area is 327 Å². The molecule has 3 fully saturated rings. The van der Waals surface area contributed by atoms with E-state index >= 15 is 0 Å². The molecule has 3 saturated heterocycles. The second-order valence-corrected chi connectivity index (χ2v) is 14.7. The van der Waals surface area contributed by atoms with Gasteiger partial charge in [0.15, 0.2) is 6.29 Å². The summed E-state index contributed by atoms with van der Waals surface area (Å²) in [5.74, 6) is 1.52. The Morgan fingerprint density at radius 2 is 1.38 bits per heavy atom. The normalized spacial score (nSPS) is 22.0. The summed E-state index contributed by atoms with van der Waals surface area (Å²) in [6.07, 6.45) is 0.364. The van der Waals surface area contributed by atoms with Crippen LogP contribution >= 0.6 is 0 Å². The molecule has 11 heteroatoms. The minimum atomic E-state index is -0.650. The Hall–Kier alpha value is -5.72. The predicted octanol–water partition coefficient (Wildman–Crippen LogP) is 7.84. The third kappa shape index (κ3) is 8.12. The minimum Gasteiger partial charge on any atom is -0.457 e. The lowest BCUT2D eigenvalue weighted by Gasteiger charge is -2.46. The highest BCUT2D eigenvalue weighted by Gasteiger charge is 2.51. The van der Waals surface area contributed by atoms with E-state index in [1.807, 2.05) is 97.1 Å². The van der Waals surface area contributed by atoms with Crippen molar-refractivity contribution in [2.45, 2.75) is 50.4 Å². The molecule has 5 aromatic rings. The number of likely N-dealkylation sites (tertiary alicyclic amines) is 1. The SMILES string of the molecule is C[C@@H]1[C@H](CN2CCC3(CC2)C(=O)NCN3c2ccccc2)O[C@H](c2ccc(NC(=O)Nc3ccc(Oc4ccccc4)cc3)cc2)O[C@@H]1c1ccc(CO)cc1. The van der Waals surface area contributed by atoms with Crippen molar-refractivity contribution in [2.75, 3.05) is 41.8 Å². The minimum absolute atomic E-state index is 0.0151. The van der Waals surface area contributed by atoms with E-state index in [-0.39, 0.29) is 36.7 Å². The Morgan fingerprint density at radius 1 is 0.786 bits per heavy atom. The van der Waals surface area contributed by atoms with Crippen molar-refractivity contribution in [2.24, 2.45) is 5.92 Å². The molecular formula is C45H47N5O6. The fourth-order valence-corrected chi connectivity index (χ4v) is 7.97. The van der Waals surface area contributed by atoms with E-state index in [0.29, 0.717) is 30.3 Å². The zero-order valence-corrected chi connectivity index (χ0v) is 31.3. The van der Waals surface area contributed by atoms with E-state index < -0.39 is 11.8 Å². The van der Waals surface area contributed by atoms with Gasteiger partial charge in [0.2, 0.25) is 5.91 Å². The first-order valence-corrected chi connectivity index (χ1v) is 19.2. The Balaban J connectivity index is 0.926. The van der Waals surface area contributed by atoms with Crippen LogP contribution in [0.15, 0.2) is 133 Å². The maximum atomic E-state index is 13.3. The Morgan fingerprint density at radius 3 is 2.02 bits per heavy atom. The van der Waals surface area contributed by atoms with Crippen molar-refractivity contribution < 1.29 is 28.9 Å². The van der Waals surface area contributed by atoms with Gasteiger partial charge in [0.25, 0.3) is 0 Å². The third-order valence-corrected chi connectivity index (χ3v) is 11.2. The zero-order valence-electron chi connectivity index (χ0n) is 31.3. The average Bonchev–Trinajstić information content (AvgIpc) is 3.55. The topological polar surface area (TPSA) is 125 Å². The number of aliphatic hydroxyl groups excluding tert-OH is 1. The number of rotatable bonds is 10. The average molecular weight is 754 g/mol. The molecule has 11 nitrogen and oxygen atoms in total. The molecule has 0 bridgehead atoms. The van der Waals surface area contributed by atoms with Gasteiger partial charge in [-0.1, -0.05) is 79.7 Å². The standard InChI is InChI=1S/C45H47N5O6/c1-31-40(28-49-26-24-45(25-27-49)43(52)46-30-50(45)37-8-4-2-5-9-37)55-42(56-41(31)33-14-12-32(29-51)13-15-33)34-16-18-35(19-17-34)47-44(53)48-36-20-22-39(23-21-36)54-38-10-6-3-7-11-38/h2-23,31,40-42,51H,24-30H2,1H3,(H,46,52)(H2,47,48,53)/t31-,40+,41+,42+/m1/s1. The van der Waals surface area contributed by atoms with Gasteiger partial charge in [-0.15, -0.1) is 0 Å². The summed E-state index contributed by atoms with van der Waals surface area (Å²) < 4.78 is 19.3. The number of amides is 3. The van der Waals surface area contributed by atoms with Gasteiger partial charge in [-0.05, 0) is 84.6 Å². The van der Waals surface area contributed by atoms with Crippen LogP contribution in [0.5, 0.6) is 11.5 Å². The van der Waals surface area contributed by atoms with Crippen LogP contribution in [-0.4, -0.2) is 59.9 Å². The number of para-hydroxylation sites is 2. The van der Waals surface area contributed by atoms with Crippen LogP contribution in [0.1, 0.15) is 48.8 Å². The molecule has 1 spiro atoms. The number of hydrogen-bond donors (Lipinski definition) is 4. The molecule has 3 heterocycles. The molecule has 0 aliphatic carbocycles. The summed E-state index contributed by atoms with van der Waals surface area (Å²) in [7, 11) is 0. The zero-order chi connectivity index (χ0) is 38.5. The van der Waals surface area contributed by atoms with Gasteiger partial charge in [-0.2, -0.15) is 0 Å². The van der Waals surface area contributed by atoms with Crippen LogP contribution in [0.25, 0.3) is 0 Å². The molecule has 288 valence electrons. The van der Waals surface area contributed by atoms with Crippen LogP contribution < -0.4 is 25.6 Å². The van der Waals surface area contributed by atoms with E-state index in [9.17, 15) is 14.7 Å². The fourth-order valence-electron chi connectivity index (χ4n) is 7.97. The van der Waals surface area contributed by atoms with E-state index in [1.54, 1.807) is 24.3 Å². The van der Waals surface area contributed by atoms with Crippen LogP contribution in [-0.2, 0) is 20.9 Å². The van der Waals surface area contributed by atoms with Crippen molar-refractivity contribution in [1.29, 1.82) is 0 Å². The van der Waals surface area contributed by atoms with Gasteiger partial charge < -0.3 is 45.1 Å². The van der Waals surface area contributed by atoms with Gasteiger partial charge in [-0.3, -0.25) is 4.79 Å². The summed E-state index contributed by atoms with van der Waals surface area (Å²) in [4.78, 5) is 30.8. The first-order chi connectivity index (χ1) is 27.4. The van der Waals surface area contributed by atoms with Crippen LogP contribution in [0, 0.1) is 5.92 Å². The molecule has 3 amide bonds. The summed E-state index contributed by atoms with van der Waals surface area (Å²) in [6, 6.07) is 41.9. The van der Waals surface area contributed by atoms with Gasteiger partial charge in [0, 0.05) is 48.2 Å². The lowest BCUT2D eigenvalue weighted by molar-refractivity contribution is -0.276. The van der Waals surface area contributed by atoms with Crippen LogP contribution in [0.3, 0.4) is 0 Å². The number of nitrogens with one attached hydrogen (secondary N) is 3. The van der Waals surface area contributed by atoms with Crippen molar-refractivity contribution >= 4 is 29.0 Å². The lowest BCUT2D eigenvalue weighted by Crippen LogP contribution is -2.57. The van der Waals surface area contributed by atoms with Gasteiger partial charge in [0.05, 0.1) is 25.5 Å². The highest BCUT2D eigenvalue weighted by molar-refractivity contribution is 5.99. The number of urea groups is 1. The molecule has 4 N–H and O–H groups in total. The first kappa shape index (κ1) is 37.2. The van der Waals surface area contributed by atoms with Crippen molar-refractivity contribution in [3.8, 4) is 11.5 Å². The summed E-state index contributed by atoms with van der Waals surface area (Å²) in [5.41, 5.74) is 4.43. The van der Waals surface area contributed by atoms with E-state index in [2.05, 4.69) is 44.8 Å². The molecule has 8 rings (SSSR count). The number of hydrogen-bond acceptors (Lipinski definition) is 8. The predicted molar refractivity (Wildman–Crippen MR) is 215 cm³/mol. The Kier molecular flexibility index (Phi) is 11.0. The van der Waals surface area contributed by atoms with E-state index in [0.717, 1.165) is 54.1 Å². The molecule has 0 radical (unpaired) electrons. The molecular weight excluding hydrogens is 707 g/mol. The first-order valence-electron chi connectivity index (χ1n) is 19.2. The third-order valence-electron chi connectivity index (χ3n) is 11.2. The number of carbonyl (C=O) groups is 2.